The van der Waals surface area contributed by atoms with Gasteiger partial charge in [-0.15, -0.1) is 0 Å². The fraction of sp³-hybridized carbons (Fsp3) is 0.524. The number of amides is 8. The lowest BCUT2D eigenvalue weighted by Gasteiger charge is -2.29. The number of benzene rings is 2. The van der Waals surface area contributed by atoms with Crippen LogP contribution in [0.15, 0.2) is 54.6 Å². The number of carbonyl (C=O) groups is 8. The molecule has 2 aromatic carbocycles. The first kappa shape index (κ1) is 48.2. The van der Waals surface area contributed by atoms with E-state index in [1.807, 2.05) is 0 Å². The van der Waals surface area contributed by atoms with Gasteiger partial charge < -0.3 is 52.8 Å². The summed E-state index contributed by atoms with van der Waals surface area (Å²) in [4.78, 5) is 105. The predicted octanol–water partition coefficient (Wildman–Crippen LogP) is 0.592. The van der Waals surface area contributed by atoms with Crippen LogP contribution in [0.4, 0.5) is 4.79 Å². The molecular weight excluding hydrogens is 777 g/mol. The van der Waals surface area contributed by atoms with Crippen LogP contribution in [0.25, 0.3) is 0 Å². The maximum absolute atomic E-state index is 14.0. The molecule has 2 aromatic rings. The highest BCUT2D eigenvalue weighted by Gasteiger charge is 2.53. The number of phenols is 1. The zero-order valence-electron chi connectivity index (χ0n) is 35.5. The van der Waals surface area contributed by atoms with Crippen LogP contribution >= 0.6 is 0 Å². The Bertz CT molecular complexity index is 1860. The average Bonchev–Trinajstić information content (AvgIpc) is 3.94. The predicted molar refractivity (Wildman–Crippen MR) is 220 cm³/mol. The molecule has 0 aliphatic heterocycles. The first-order chi connectivity index (χ1) is 28.0. The maximum atomic E-state index is 14.0. The number of nitrogens with one attached hydrogen (secondary N) is 7. The van der Waals surface area contributed by atoms with Crippen molar-refractivity contribution in [1.82, 2.24) is 37.2 Å². The van der Waals surface area contributed by atoms with Crippen LogP contribution in [-0.4, -0.2) is 100 Å². The molecule has 0 unspecified atom stereocenters. The Kier molecular flexibility index (Phi) is 17.0. The monoisotopic (exact) mass is 836 g/mol. The van der Waals surface area contributed by atoms with E-state index in [9.17, 15) is 43.5 Å². The minimum atomic E-state index is -1.39. The van der Waals surface area contributed by atoms with Crippen LogP contribution in [0, 0.1) is 11.8 Å². The Morgan fingerprint density at radius 3 is 1.72 bits per heavy atom. The minimum Gasteiger partial charge on any atom is -0.508 e. The number of phenolic OH excluding ortho intramolecular Hbond substituents is 1. The summed E-state index contributed by atoms with van der Waals surface area (Å²) < 4.78 is 5.35. The number of alkyl carbamates (subject to hydrolysis) is 1. The molecule has 18 nitrogen and oxygen atoms in total. The Labute approximate surface area is 350 Å². The van der Waals surface area contributed by atoms with Crippen LogP contribution in [-0.2, 0) is 51.1 Å². The molecule has 328 valence electrons. The van der Waals surface area contributed by atoms with Gasteiger partial charge in [0.1, 0.15) is 47.1 Å². The summed E-state index contributed by atoms with van der Waals surface area (Å²) in [6, 6.07) is 9.11. The summed E-state index contributed by atoms with van der Waals surface area (Å²) in [5, 5.41) is 28.1. The van der Waals surface area contributed by atoms with E-state index in [1.54, 1.807) is 90.9 Å². The van der Waals surface area contributed by atoms with Gasteiger partial charge in [-0.3, -0.25) is 33.6 Å². The number of primary amides is 1. The van der Waals surface area contributed by atoms with Gasteiger partial charge in [-0.2, -0.15) is 0 Å². The molecule has 10 N–H and O–H groups in total. The van der Waals surface area contributed by atoms with E-state index in [4.69, 9.17) is 10.5 Å². The Balaban J connectivity index is 1.75. The molecule has 0 bridgehead atoms. The molecule has 0 spiro atoms. The number of hydrogen-bond acceptors (Lipinski definition) is 10. The van der Waals surface area contributed by atoms with Crippen LogP contribution in [0.2, 0.25) is 0 Å². The molecule has 0 saturated heterocycles. The zero-order valence-corrected chi connectivity index (χ0v) is 35.5. The molecule has 0 heterocycles. The summed E-state index contributed by atoms with van der Waals surface area (Å²) in [5.74, 6) is -5.61. The van der Waals surface area contributed by atoms with Gasteiger partial charge in [0, 0.05) is 12.8 Å². The number of ether oxygens (including phenoxy) is 1. The first-order valence-electron chi connectivity index (χ1n) is 19.9. The Morgan fingerprint density at radius 1 is 0.667 bits per heavy atom. The highest BCUT2D eigenvalue weighted by atomic mass is 16.6. The van der Waals surface area contributed by atoms with Gasteiger partial charge in [-0.1, -0.05) is 70.2 Å². The second kappa shape index (κ2) is 21.2. The van der Waals surface area contributed by atoms with Crippen molar-refractivity contribution in [3.8, 4) is 5.75 Å². The second-order valence-electron chi connectivity index (χ2n) is 16.7. The van der Waals surface area contributed by atoms with Gasteiger partial charge in [0.25, 0.3) is 0 Å². The summed E-state index contributed by atoms with van der Waals surface area (Å²) in [6.45, 7) is 12.8. The van der Waals surface area contributed by atoms with Crippen molar-refractivity contribution in [3.63, 3.8) is 0 Å². The molecule has 1 aliphatic rings. The summed E-state index contributed by atoms with van der Waals surface area (Å²) in [6.07, 6.45) is -0.362. The van der Waals surface area contributed by atoms with Gasteiger partial charge in [-0.25, -0.2) is 4.79 Å². The number of hydrogen-bond donors (Lipinski definition) is 9. The lowest BCUT2D eigenvalue weighted by molar-refractivity contribution is -0.136. The molecule has 18 heteroatoms. The highest BCUT2D eigenvalue weighted by molar-refractivity contribution is 6.00. The highest BCUT2D eigenvalue weighted by Crippen LogP contribution is 2.36. The van der Waals surface area contributed by atoms with Gasteiger partial charge in [0.05, 0.1) is 6.54 Å². The van der Waals surface area contributed by atoms with E-state index in [0.717, 1.165) is 0 Å². The number of nitrogens with two attached hydrogens (primary N) is 1. The Hall–Kier alpha value is -6.20. The molecule has 60 heavy (non-hydrogen) atoms. The Morgan fingerprint density at radius 2 is 1.20 bits per heavy atom. The third kappa shape index (κ3) is 15.2. The topological polar surface area (TPSA) is 276 Å². The van der Waals surface area contributed by atoms with E-state index in [2.05, 4.69) is 37.2 Å². The van der Waals surface area contributed by atoms with E-state index in [0.29, 0.717) is 11.1 Å². The molecule has 1 saturated carbocycles. The molecule has 1 aliphatic carbocycles. The van der Waals surface area contributed by atoms with Crippen molar-refractivity contribution < 1.29 is 48.2 Å². The van der Waals surface area contributed by atoms with Gasteiger partial charge in [-0.05, 0) is 75.6 Å². The van der Waals surface area contributed by atoms with Crippen LogP contribution < -0.4 is 43.0 Å². The number of rotatable bonds is 20. The second-order valence-corrected chi connectivity index (χ2v) is 16.7. The van der Waals surface area contributed by atoms with Crippen molar-refractivity contribution in [2.75, 3.05) is 6.54 Å². The van der Waals surface area contributed by atoms with Crippen molar-refractivity contribution in [1.29, 1.82) is 0 Å². The third-order valence-corrected chi connectivity index (χ3v) is 9.52. The summed E-state index contributed by atoms with van der Waals surface area (Å²) in [5.41, 5.74) is 4.18. The van der Waals surface area contributed by atoms with Gasteiger partial charge >= 0.3 is 6.09 Å². The molecule has 1 fully saturated rings. The molecular formula is C42H60N8O10. The normalized spacial score (nSPS) is 15.5. The number of aromatic hydroxyl groups is 1. The van der Waals surface area contributed by atoms with Crippen LogP contribution in [0.3, 0.4) is 0 Å². The fourth-order valence-corrected chi connectivity index (χ4v) is 6.00. The molecule has 0 radical (unpaired) electrons. The molecule has 3 rings (SSSR count). The maximum Gasteiger partial charge on any atom is 0.408 e. The molecule has 8 amide bonds. The van der Waals surface area contributed by atoms with E-state index in [-0.39, 0.29) is 37.4 Å². The van der Waals surface area contributed by atoms with E-state index < -0.39 is 101 Å². The van der Waals surface area contributed by atoms with Crippen LogP contribution in [0.1, 0.15) is 79.4 Å². The largest absolute Gasteiger partial charge is 0.508 e. The zero-order chi connectivity index (χ0) is 44.9. The summed E-state index contributed by atoms with van der Waals surface area (Å²) in [7, 11) is 0. The fourth-order valence-electron chi connectivity index (χ4n) is 6.00. The van der Waals surface area contributed by atoms with Gasteiger partial charge in [0.2, 0.25) is 41.4 Å². The van der Waals surface area contributed by atoms with Crippen molar-refractivity contribution in [2.24, 2.45) is 17.6 Å². The lowest BCUT2D eigenvalue weighted by Crippen LogP contribution is -2.61. The molecule has 0 aromatic heterocycles. The minimum absolute atomic E-state index is 0.00714. The SMILES string of the molecule is CC(C)[C@H](NC(=O)[C@@H](NC(=O)C1(NC(=O)[C@H](Cc2ccccc2)NC(=O)[C@@H](C)NC(=O)[C@H](Cc2ccc(O)cc2)NC(=O)OC(C)(C)C)CC1)C(C)C)C(=O)NCC(N)=O. The lowest BCUT2D eigenvalue weighted by atomic mass is 9.99. The summed E-state index contributed by atoms with van der Waals surface area (Å²) >= 11 is 0. The molecule has 5 atom stereocenters. The van der Waals surface area contributed by atoms with Crippen molar-refractivity contribution in [2.45, 2.75) is 122 Å². The number of carbonyl (C=O) groups excluding carboxylic acids is 8. The average molecular weight is 837 g/mol. The van der Waals surface area contributed by atoms with Gasteiger partial charge in [0.15, 0.2) is 0 Å². The quantitative estimate of drug-likeness (QED) is 0.0896. The van der Waals surface area contributed by atoms with Crippen molar-refractivity contribution >= 4 is 47.4 Å². The smallest absolute Gasteiger partial charge is 0.408 e. The van der Waals surface area contributed by atoms with E-state index in [1.165, 1.54) is 19.1 Å². The van der Waals surface area contributed by atoms with E-state index >= 15 is 0 Å². The van der Waals surface area contributed by atoms with Crippen LogP contribution in [0.5, 0.6) is 5.75 Å². The third-order valence-electron chi connectivity index (χ3n) is 9.52. The standard InChI is InChI=1S/C42H60N8O10/c1-23(2)32(37(56)44-22-31(43)52)48-38(57)33(24(3)4)49-39(58)42(18-19-42)50-36(55)30(20-26-12-10-9-11-13-26)46-34(53)25(5)45-35(54)29(47-40(59)60-41(6,7)8)21-27-14-16-28(51)17-15-27/h9-17,23-25,29-30,32-33,51H,18-22H2,1-8H3,(H2,43,52)(H,44,56)(H,45,54)(H,46,53)(H,47,59)(H,48,57)(H,49,58)(H,50,55)/t25-,29+,30+,32+,33+/m1/s1. The van der Waals surface area contributed by atoms with Crippen molar-refractivity contribution in [3.05, 3.63) is 65.7 Å². The first-order valence-corrected chi connectivity index (χ1v) is 19.9.